The molecule has 0 radical (unpaired) electrons. The Balaban J connectivity index is 2.41. The molecule has 1 aliphatic carbocycles. The molecule has 1 aliphatic rings. The number of nitro benzene ring substituents is 1. The van der Waals surface area contributed by atoms with E-state index in [9.17, 15) is 14.9 Å². The number of benzene rings is 1. The fourth-order valence-electron chi connectivity index (χ4n) is 3.16. The van der Waals surface area contributed by atoms with Gasteiger partial charge in [0.25, 0.3) is 5.91 Å². The number of carbonyl (C=O) groups is 1. The van der Waals surface area contributed by atoms with E-state index < -0.39 is 16.5 Å². The molecule has 1 aromatic carbocycles. The molecule has 0 atom stereocenters. The van der Waals surface area contributed by atoms with Gasteiger partial charge in [-0.3, -0.25) is 14.9 Å². The fraction of sp³-hybridized carbons (Fsp3) is 0.588. The summed E-state index contributed by atoms with van der Waals surface area (Å²) < 4.78 is 15.5. The van der Waals surface area contributed by atoms with Crippen LogP contribution in [0.2, 0.25) is 0 Å². The van der Waals surface area contributed by atoms with Gasteiger partial charge in [0.2, 0.25) is 11.5 Å². The maximum atomic E-state index is 12.7. The summed E-state index contributed by atoms with van der Waals surface area (Å²) in [6.45, 7) is 2.18. The van der Waals surface area contributed by atoms with Crippen molar-refractivity contribution in [3.05, 3.63) is 21.7 Å². The second-order valence-electron chi connectivity index (χ2n) is 6.23. The lowest BCUT2D eigenvalue weighted by atomic mass is 9.87. The molecule has 8 nitrogen and oxygen atoms in total. The molecule has 0 aromatic heterocycles. The third kappa shape index (κ3) is 3.94. The molecule has 1 aromatic rings. The number of hydrogen-bond donors (Lipinski definition) is 1. The van der Waals surface area contributed by atoms with E-state index in [4.69, 9.17) is 14.2 Å². The number of methoxy groups -OCH3 is 3. The van der Waals surface area contributed by atoms with Crippen LogP contribution < -0.4 is 19.5 Å². The van der Waals surface area contributed by atoms with Crippen molar-refractivity contribution in [3.8, 4) is 17.2 Å². The van der Waals surface area contributed by atoms with Gasteiger partial charge in [0.1, 0.15) is 5.56 Å². The van der Waals surface area contributed by atoms with E-state index in [0.29, 0.717) is 5.92 Å². The van der Waals surface area contributed by atoms with Gasteiger partial charge in [-0.15, -0.1) is 0 Å². The standard InChI is InChI=1S/C17H24N2O6/c1-10-5-7-11(8-6-10)18-17(20)12-9-13(23-2)15(24-3)16(25-4)14(12)19(21)22/h9-11H,5-8H2,1-4H3,(H,18,20). The van der Waals surface area contributed by atoms with Crippen LogP contribution >= 0.6 is 0 Å². The Morgan fingerprint density at radius 1 is 1.12 bits per heavy atom. The quantitative estimate of drug-likeness (QED) is 0.624. The average molecular weight is 352 g/mol. The van der Waals surface area contributed by atoms with Crippen LogP contribution in [0.4, 0.5) is 5.69 Å². The van der Waals surface area contributed by atoms with E-state index in [-0.39, 0.29) is 28.9 Å². The summed E-state index contributed by atoms with van der Waals surface area (Å²) in [6.07, 6.45) is 3.79. The Kier molecular flexibility index (Phi) is 6.06. The smallest absolute Gasteiger partial charge is 0.327 e. The largest absolute Gasteiger partial charge is 0.493 e. The number of hydrogen-bond acceptors (Lipinski definition) is 6. The predicted molar refractivity (Wildman–Crippen MR) is 91.6 cm³/mol. The highest BCUT2D eigenvalue weighted by Crippen LogP contribution is 2.46. The molecule has 1 N–H and O–H groups in total. The molecule has 1 saturated carbocycles. The summed E-state index contributed by atoms with van der Waals surface area (Å²) in [7, 11) is 4.04. The molecule has 1 amide bonds. The van der Waals surface area contributed by atoms with Crippen LogP contribution in [0.1, 0.15) is 43.0 Å². The molecule has 0 unspecified atom stereocenters. The van der Waals surface area contributed by atoms with E-state index in [2.05, 4.69) is 12.2 Å². The second-order valence-corrected chi connectivity index (χ2v) is 6.23. The molecule has 0 aliphatic heterocycles. The first kappa shape index (κ1) is 18.8. The number of ether oxygens (including phenoxy) is 3. The first-order valence-electron chi connectivity index (χ1n) is 8.21. The minimum atomic E-state index is -0.640. The lowest BCUT2D eigenvalue weighted by Crippen LogP contribution is -2.37. The maximum Gasteiger partial charge on any atom is 0.327 e. The van der Waals surface area contributed by atoms with Gasteiger partial charge >= 0.3 is 5.69 Å². The van der Waals surface area contributed by atoms with Crippen molar-refractivity contribution in [2.75, 3.05) is 21.3 Å². The van der Waals surface area contributed by atoms with Crippen LogP contribution in [-0.2, 0) is 0 Å². The number of rotatable bonds is 6. The second kappa shape index (κ2) is 8.04. The first-order chi connectivity index (χ1) is 11.9. The Hall–Kier alpha value is -2.51. The number of nitrogens with one attached hydrogen (secondary N) is 1. The number of amides is 1. The highest BCUT2D eigenvalue weighted by Gasteiger charge is 2.33. The normalized spacial score (nSPS) is 19.8. The number of carbonyl (C=O) groups excluding carboxylic acids is 1. The fourth-order valence-corrected chi connectivity index (χ4v) is 3.16. The summed E-state index contributed by atoms with van der Waals surface area (Å²) in [5.74, 6) is 0.288. The zero-order valence-corrected chi connectivity index (χ0v) is 15.0. The van der Waals surface area contributed by atoms with Crippen molar-refractivity contribution >= 4 is 11.6 Å². The summed E-state index contributed by atoms with van der Waals surface area (Å²) in [5.41, 5.74) is -0.528. The molecule has 2 rings (SSSR count). The SMILES string of the molecule is COc1cc(C(=O)NC2CCC(C)CC2)c([N+](=O)[O-])c(OC)c1OC. The summed E-state index contributed by atoms with van der Waals surface area (Å²) in [5, 5.41) is 14.5. The monoisotopic (exact) mass is 352 g/mol. The van der Waals surface area contributed by atoms with Crippen LogP contribution in [0.25, 0.3) is 0 Å². The van der Waals surface area contributed by atoms with Gasteiger partial charge in [-0.2, -0.15) is 0 Å². The van der Waals surface area contributed by atoms with E-state index in [1.165, 1.54) is 27.4 Å². The van der Waals surface area contributed by atoms with Gasteiger partial charge < -0.3 is 19.5 Å². The summed E-state index contributed by atoms with van der Waals surface area (Å²) >= 11 is 0. The zero-order valence-electron chi connectivity index (χ0n) is 15.0. The highest BCUT2D eigenvalue weighted by molar-refractivity contribution is 6.00. The van der Waals surface area contributed by atoms with Crippen molar-refractivity contribution in [3.63, 3.8) is 0 Å². The Morgan fingerprint density at radius 2 is 1.72 bits per heavy atom. The van der Waals surface area contributed by atoms with Crippen LogP contribution in [0, 0.1) is 16.0 Å². The first-order valence-corrected chi connectivity index (χ1v) is 8.21. The third-order valence-corrected chi connectivity index (χ3v) is 4.58. The summed E-state index contributed by atoms with van der Waals surface area (Å²) in [4.78, 5) is 23.6. The minimum absolute atomic E-state index is 0.0161. The summed E-state index contributed by atoms with van der Waals surface area (Å²) in [6, 6.07) is 1.34. The van der Waals surface area contributed by atoms with Gasteiger partial charge in [0.05, 0.1) is 26.3 Å². The van der Waals surface area contributed by atoms with Crippen molar-refractivity contribution in [2.24, 2.45) is 5.92 Å². The van der Waals surface area contributed by atoms with Gasteiger partial charge in [0, 0.05) is 12.1 Å². The molecule has 0 heterocycles. The highest BCUT2D eigenvalue weighted by atomic mass is 16.6. The molecule has 25 heavy (non-hydrogen) atoms. The molecular weight excluding hydrogens is 328 g/mol. The molecule has 0 bridgehead atoms. The van der Waals surface area contributed by atoms with E-state index in [0.717, 1.165) is 25.7 Å². The van der Waals surface area contributed by atoms with Crippen LogP contribution in [0.5, 0.6) is 17.2 Å². The van der Waals surface area contributed by atoms with Crippen molar-refractivity contribution in [1.29, 1.82) is 0 Å². The minimum Gasteiger partial charge on any atom is -0.493 e. The van der Waals surface area contributed by atoms with Crippen LogP contribution in [0.15, 0.2) is 6.07 Å². The molecule has 8 heteroatoms. The number of nitro groups is 1. The molecule has 0 saturated heterocycles. The van der Waals surface area contributed by atoms with E-state index in [1.54, 1.807) is 0 Å². The van der Waals surface area contributed by atoms with Crippen molar-refractivity contribution < 1.29 is 23.9 Å². The van der Waals surface area contributed by atoms with Crippen LogP contribution in [0.3, 0.4) is 0 Å². The lowest BCUT2D eigenvalue weighted by Gasteiger charge is -2.27. The predicted octanol–water partition coefficient (Wildman–Crippen LogP) is 2.93. The van der Waals surface area contributed by atoms with Gasteiger partial charge in [0.15, 0.2) is 5.75 Å². The van der Waals surface area contributed by atoms with Gasteiger partial charge in [-0.25, -0.2) is 0 Å². The topological polar surface area (TPSA) is 99.9 Å². The Labute approximate surface area is 146 Å². The molecular formula is C17H24N2O6. The third-order valence-electron chi connectivity index (χ3n) is 4.58. The van der Waals surface area contributed by atoms with Gasteiger partial charge in [-0.1, -0.05) is 6.92 Å². The van der Waals surface area contributed by atoms with E-state index in [1.807, 2.05) is 0 Å². The molecule has 138 valence electrons. The molecule has 1 fully saturated rings. The zero-order chi connectivity index (χ0) is 18.6. The Bertz CT molecular complexity index is 653. The number of nitrogens with zero attached hydrogens (tertiary/aromatic N) is 1. The van der Waals surface area contributed by atoms with Crippen molar-refractivity contribution in [2.45, 2.75) is 38.6 Å². The molecule has 0 spiro atoms. The maximum absolute atomic E-state index is 12.7. The van der Waals surface area contributed by atoms with Crippen LogP contribution in [-0.4, -0.2) is 38.2 Å². The lowest BCUT2D eigenvalue weighted by molar-refractivity contribution is -0.386. The van der Waals surface area contributed by atoms with Crippen molar-refractivity contribution in [1.82, 2.24) is 5.32 Å². The average Bonchev–Trinajstić information content (AvgIpc) is 2.61. The Morgan fingerprint density at radius 3 is 2.20 bits per heavy atom. The van der Waals surface area contributed by atoms with Gasteiger partial charge in [-0.05, 0) is 31.6 Å². The van der Waals surface area contributed by atoms with E-state index >= 15 is 0 Å².